The normalized spacial score (nSPS) is 12.3. The maximum Gasteiger partial charge on any atom is 0.166 e. The van der Waals surface area contributed by atoms with Crippen molar-refractivity contribution >= 4 is 45.5 Å². The molecule has 0 aliphatic carbocycles. The molecule has 2 aromatic carbocycles. The van der Waals surface area contributed by atoms with Crippen LogP contribution in [0.5, 0.6) is 5.75 Å². The third-order valence-electron chi connectivity index (χ3n) is 3.15. The molecule has 2 aromatic rings. The minimum atomic E-state index is 0.530. The van der Waals surface area contributed by atoms with Crippen LogP contribution in [0.2, 0.25) is 0 Å². The van der Waals surface area contributed by atoms with Gasteiger partial charge in [-0.15, -0.1) is 0 Å². The molecule has 6 nitrogen and oxygen atoms in total. The summed E-state index contributed by atoms with van der Waals surface area (Å²) in [5, 5.41) is 5.13. The molecular weight excluding hydrogens is 404 g/mol. The van der Waals surface area contributed by atoms with Gasteiger partial charge in [-0.3, -0.25) is 5.14 Å². The maximum atomic E-state index is 5.90. The van der Waals surface area contributed by atoms with E-state index in [1.165, 1.54) is 0 Å². The van der Waals surface area contributed by atoms with Crippen LogP contribution in [-0.2, 0) is 10.8 Å². The number of rotatable bonds is 7. The van der Waals surface area contributed by atoms with Gasteiger partial charge >= 0.3 is 0 Å². The Bertz CT molecular complexity index is 751. The number of hydrogen-bond acceptors (Lipinski definition) is 5. The molecule has 0 fully saturated rings. The molecule has 0 saturated heterocycles. The lowest BCUT2D eigenvalue weighted by atomic mass is 10.1. The van der Waals surface area contributed by atoms with Crippen molar-refractivity contribution in [2.75, 3.05) is 0 Å². The van der Waals surface area contributed by atoms with Crippen molar-refractivity contribution in [3.63, 3.8) is 0 Å². The second-order valence-corrected chi connectivity index (χ2v) is 6.28. The quantitative estimate of drug-likeness (QED) is 0.173. The third-order valence-corrected chi connectivity index (χ3v) is 3.79. The summed E-state index contributed by atoms with van der Waals surface area (Å²) in [4.78, 5) is 14.0. The molecule has 0 bridgehead atoms. The fourth-order valence-corrected chi connectivity index (χ4v) is 2.53. The molecule has 0 heterocycles. The van der Waals surface area contributed by atoms with E-state index in [0.29, 0.717) is 42.5 Å². The first-order chi connectivity index (χ1) is 12.1. The van der Waals surface area contributed by atoms with Crippen molar-refractivity contribution in [2.24, 2.45) is 20.9 Å². The molecule has 25 heavy (non-hydrogen) atoms. The van der Waals surface area contributed by atoms with E-state index in [0.717, 1.165) is 15.7 Å². The smallest absolute Gasteiger partial charge is 0.166 e. The van der Waals surface area contributed by atoms with Crippen molar-refractivity contribution in [3.8, 4) is 5.75 Å². The van der Waals surface area contributed by atoms with Crippen LogP contribution in [0.1, 0.15) is 18.9 Å². The molecule has 0 unspecified atom stereocenters. The van der Waals surface area contributed by atoms with E-state index in [4.69, 9.17) is 15.8 Å². The Morgan fingerprint density at radius 1 is 1.20 bits per heavy atom. The summed E-state index contributed by atoms with van der Waals surface area (Å²) in [6, 6.07) is 15.1. The van der Waals surface area contributed by atoms with E-state index in [2.05, 4.69) is 30.2 Å². The van der Waals surface area contributed by atoms with Crippen LogP contribution in [0.25, 0.3) is 0 Å². The minimum absolute atomic E-state index is 0.530. The van der Waals surface area contributed by atoms with E-state index in [-0.39, 0.29) is 0 Å². The zero-order valence-electron chi connectivity index (χ0n) is 13.7. The lowest BCUT2D eigenvalue weighted by Gasteiger charge is -2.05. The molecule has 4 N–H and O–H groups in total. The van der Waals surface area contributed by atoms with Gasteiger partial charge in [0, 0.05) is 17.3 Å². The van der Waals surface area contributed by atoms with Gasteiger partial charge in [-0.1, -0.05) is 39.3 Å². The fourth-order valence-electron chi connectivity index (χ4n) is 1.96. The maximum absolute atomic E-state index is 5.90. The summed E-state index contributed by atoms with van der Waals surface area (Å²) >= 11 is 4.11. The number of halogens is 1. The summed E-state index contributed by atoms with van der Waals surface area (Å²) in [5.41, 5.74) is 7.73. The number of nitrogens with zero attached hydrogens (tertiary/aromatic N) is 2. The first-order valence-electron chi connectivity index (χ1n) is 7.56. The Labute approximate surface area is 159 Å². The van der Waals surface area contributed by atoms with Crippen LogP contribution in [0, 0.1) is 0 Å². The zero-order valence-corrected chi connectivity index (χ0v) is 16.1. The summed E-state index contributed by atoms with van der Waals surface area (Å²) in [7, 11) is 0. The summed E-state index contributed by atoms with van der Waals surface area (Å²) in [5.74, 6) is 1.71. The lowest BCUT2D eigenvalue weighted by molar-refractivity contribution is -0.0777. The number of nitrogens with two attached hydrogens (primary N) is 2. The van der Waals surface area contributed by atoms with Gasteiger partial charge in [0.05, 0.1) is 5.69 Å². The summed E-state index contributed by atoms with van der Waals surface area (Å²) in [6.45, 7) is 1.96. The molecule has 0 atom stereocenters. The fraction of sp³-hybridized carbons (Fsp3) is 0.176. The highest BCUT2D eigenvalue weighted by Gasteiger charge is 2.04. The standard InChI is InChI=1S/C17H19BrN4O2S/c1-2-16(19)22-17(11-12-4-3-5-13(18)10-12)21-14-6-8-15(9-7-14)23-24-25-20/h3-10H,2,11,20H2,1H3,(H2,19,21,22). The summed E-state index contributed by atoms with van der Waals surface area (Å²) < 4.78 is 5.62. The molecule has 0 radical (unpaired) electrons. The first-order valence-corrected chi connectivity index (χ1v) is 9.15. The van der Waals surface area contributed by atoms with E-state index < -0.39 is 0 Å². The number of benzene rings is 2. The van der Waals surface area contributed by atoms with Gasteiger partial charge in [-0.25, -0.2) is 9.98 Å². The average molecular weight is 423 g/mol. The second-order valence-electron chi connectivity index (χ2n) is 5.03. The zero-order chi connectivity index (χ0) is 18.1. The molecule has 0 aliphatic rings. The topological polar surface area (TPSA) is 95.2 Å². The van der Waals surface area contributed by atoms with Gasteiger partial charge in [0.2, 0.25) is 0 Å². The largest absolute Gasteiger partial charge is 0.387 e. The van der Waals surface area contributed by atoms with Crippen LogP contribution in [0.15, 0.2) is 63.0 Å². The van der Waals surface area contributed by atoms with Crippen molar-refractivity contribution in [2.45, 2.75) is 19.8 Å². The Hall–Kier alpha value is -1.87. The average Bonchev–Trinajstić information content (AvgIpc) is 2.61. The molecule has 0 spiro atoms. The monoisotopic (exact) mass is 422 g/mol. The predicted molar refractivity (Wildman–Crippen MR) is 107 cm³/mol. The Morgan fingerprint density at radius 2 is 1.96 bits per heavy atom. The molecule has 0 aliphatic heterocycles. The molecule has 0 saturated carbocycles. The van der Waals surface area contributed by atoms with Crippen molar-refractivity contribution in [1.82, 2.24) is 0 Å². The molecule has 0 aromatic heterocycles. The van der Waals surface area contributed by atoms with Crippen molar-refractivity contribution < 1.29 is 9.22 Å². The Kier molecular flexibility index (Phi) is 7.93. The lowest BCUT2D eigenvalue weighted by Crippen LogP contribution is -2.14. The number of aliphatic imine (C=N–C) groups is 2. The Morgan fingerprint density at radius 3 is 2.60 bits per heavy atom. The highest BCUT2D eigenvalue weighted by atomic mass is 79.9. The highest BCUT2D eigenvalue weighted by Crippen LogP contribution is 2.20. The first kappa shape index (κ1) is 19.5. The van der Waals surface area contributed by atoms with Gasteiger partial charge < -0.3 is 10.6 Å². The van der Waals surface area contributed by atoms with Crippen LogP contribution in [-0.4, -0.2) is 11.7 Å². The van der Waals surface area contributed by atoms with E-state index >= 15 is 0 Å². The van der Waals surface area contributed by atoms with Gasteiger partial charge in [-0.05, 0) is 42.0 Å². The number of amidine groups is 2. The van der Waals surface area contributed by atoms with E-state index in [1.807, 2.05) is 31.2 Å². The molecule has 8 heteroatoms. The SMILES string of the molecule is CCC(N)=NC(Cc1cccc(Br)c1)=Nc1ccc(OOSN)cc1. The van der Waals surface area contributed by atoms with Crippen molar-refractivity contribution in [3.05, 3.63) is 58.6 Å². The van der Waals surface area contributed by atoms with Crippen LogP contribution in [0.3, 0.4) is 0 Å². The van der Waals surface area contributed by atoms with Gasteiger partial charge in [-0.2, -0.15) is 0 Å². The van der Waals surface area contributed by atoms with Crippen molar-refractivity contribution in [1.29, 1.82) is 0 Å². The molecular formula is C17H19BrN4O2S. The van der Waals surface area contributed by atoms with Gasteiger partial charge in [0.1, 0.15) is 23.9 Å². The van der Waals surface area contributed by atoms with E-state index in [1.54, 1.807) is 24.3 Å². The highest BCUT2D eigenvalue weighted by molar-refractivity contribution is 9.10. The molecule has 2 rings (SSSR count). The summed E-state index contributed by atoms with van der Waals surface area (Å²) in [6.07, 6.45) is 1.24. The van der Waals surface area contributed by atoms with Crippen LogP contribution >= 0.6 is 28.2 Å². The van der Waals surface area contributed by atoms with Gasteiger partial charge in [0.25, 0.3) is 0 Å². The van der Waals surface area contributed by atoms with Gasteiger partial charge in [0.15, 0.2) is 5.75 Å². The predicted octanol–water partition coefficient (Wildman–Crippen LogP) is 4.32. The molecule has 132 valence electrons. The van der Waals surface area contributed by atoms with E-state index in [9.17, 15) is 0 Å². The minimum Gasteiger partial charge on any atom is -0.387 e. The Balaban J connectivity index is 2.23. The number of hydrogen-bond donors (Lipinski definition) is 2. The molecule has 0 amide bonds. The third kappa shape index (κ3) is 6.87. The van der Waals surface area contributed by atoms with Crippen LogP contribution < -0.4 is 15.8 Å². The van der Waals surface area contributed by atoms with Crippen LogP contribution in [0.4, 0.5) is 5.69 Å². The second kappa shape index (κ2) is 10.2.